The van der Waals surface area contributed by atoms with Crippen LogP contribution in [0.2, 0.25) is 0 Å². The summed E-state index contributed by atoms with van der Waals surface area (Å²) in [5.74, 6) is 0.580. The number of nitrogens with zero attached hydrogens (tertiary/aromatic N) is 3. The number of rotatable bonds is 4. The van der Waals surface area contributed by atoms with Gasteiger partial charge in [-0.1, -0.05) is 25.0 Å². The van der Waals surface area contributed by atoms with Gasteiger partial charge in [-0.25, -0.2) is 0 Å². The Morgan fingerprint density at radius 3 is 2.83 bits per heavy atom. The molecule has 1 saturated carbocycles. The fourth-order valence-corrected chi connectivity index (χ4v) is 3.57. The lowest BCUT2D eigenvalue weighted by molar-refractivity contribution is 0.429. The summed E-state index contributed by atoms with van der Waals surface area (Å²) in [5, 5.41) is 11.9. The van der Waals surface area contributed by atoms with E-state index in [4.69, 9.17) is 0 Å². The molecule has 0 saturated heterocycles. The molecule has 5 heteroatoms. The van der Waals surface area contributed by atoms with Crippen molar-refractivity contribution >= 4 is 15.9 Å². The van der Waals surface area contributed by atoms with E-state index in [-0.39, 0.29) is 0 Å². The van der Waals surface area contributed by atoms with Crippen LogP contribution in [0.3, 0.4) is 0 Å². The molecule has 1 fully saturated rings. The molecule has 18 heavy (non-hydrogen) atoms. The first-order valence-corrected chi connectivity index (χ1v) is 7.80. The van der Waals surface area contributed by atoms with Gasteiger partial charge >= 0.3 is 0 Å². The Bertz CT molecular complexity index is 358. The van der Waals surface area contributed by atoms with E-state index in [1.54, 1.807) is 0 Å². The predicted molar refractivity (Wildman–Crippen MR) is 76.6 cm³/mol. The molecule has 1 N–H and O–H groups in total. The van der Waals surface area contributed by atoms with E-state index in [1.807, 2.05) is 11.7 Å². The zero-order valence-electron chi connectivity index (χ0n) is 11.3. The highest BCUT2D eigenvalue weighted by Crippen LogP contribution is 2.34. The monoisotopic (exact) mass is 314 g/mol. The summed E-state index contributed by atoms with van der Waals surface area (Å²) in [6, 6.07) is 0.652. The van der Waals surface area contributed by atoms with Crippen LogP contribution in [0, 0.1) is 0 Å². The molecule has 1 heterocycles. The second kappa shape index (κ2) is 6.66. The summed E-state index contributed by atoms with van der Waals surface area (Å²) in [7, 11) is 1.99. The molecule has 4 nitrogen and oxygen atoms in total. The molecule has 1 aliphatic carbocycles. The van der Waals surface area contributed by atoms with Crippen molar-refractivity contribution in [2.75, 3.05) is 6.54 Å². The van der Waals surface area contributed by atoms with Crippen molar-refractivity contribution in [2.24, 2.45) is 7.05 Å². The van der Waals surface area contributed by atoms with E-state index >= 15 is 0 Å². The minimum absolute atomic E-state index is 0.580. The van der Waals surface area contributed by atoms with E-state index in [9.17, 15) is 0 Å². The molecular weight excluding hydrogens is 292 g/mol. The topological polar surface area (TPSA) is 42.7 Å². The quantitative estimate of drug-likeness (QED) is 0.869. The van der Waals surface area contributed by atoms with Gasteiger partial charge < -0.3 is 5.32 Å². The number of aryl methyl sites for hydroxylation is 1. The van der Waals surface area contributed by atoms with Crippen molar-refractivity contribution in [2.45, 2.75) is 57.4 Å². The largest absolute Gasteiger partial charge is 0.314 e. The Hall–Kier alpha value is -0.420. The van der Waals surface area contributed by atoms with E-state index in [2.05, 4.69) is 38.5 Å². The second-order valence-corrected chi connectivity index (χ2v) is 6.01. The van der Waals surface area contributed by atoms with Gasteiger partial charge in [-0.15, -0.1) is 5.10 Å². The van der Waals surface area contributed by atoms with E-state index in [0.717, 1.165) is 11.1 Å². The Balaban J connectivity index is 2.07. The maximum Gasteiger partial charge on any atom is 0.151 e. The van der Waals surface area contributed by atoms with E-state index in [1.165, 1.54) is 44.2 Å². The number of nitrogens with one attached hydrogen (secondary N) is 1. The van der Waals surface area contributed by atoms with Gasteiger partial charge in [0.15, 0.2) is 4.60 Å². The SMILES string of the molecule is CCCNC1CCCCC(c2c(Br)nnn2C)C1. The van der Waals surface area contributed by atoms with Crippen LogP contribution < -0.4 is 5.32 Å². The van der Waals surface area contributed by atoms with Gasteiger partial charge in [0.2, 0.25) is 0 Å². The molecule has 0 radical (unpaired) electrons. The molecule has 1 aromatic heterocycles. The first-order valence-electron chi connectivity index (χ1n) is 7.00. The first kappa shape index (κ1) is 14.0. The normalized spacial score (nSPS) is 25.1. The highest BCUT2D eigenvalue weighted by Gasteiger charge is 2.25. The maximum absolute atomic E-state index is 4.12. The van der Waals surface area contributed by atoms with Crippen LogP contribution in [0.25, 0.3) is 0 Å². The highest BCUT2D eigenvalue weighted by molar-refractivity contribution is 9.10. The number of hydrogen-bond acceptors (Lipinski definition) is 3. The number of aromatic nitrogens is 3. The van der Waals surface area contributed by atoms with Gasteiger partial charge in [-0.05, 0) is 48.2 Å². The van der Waals surface area contributed by atoms with Gasteiger partial charge in [0, 0.05) is 19.0 Å². The van der Waals surface area contributed by atoms with Gasteiger partial charge in [0.1, 0.15) is 0 Å². The third-order valence-corrected chi connectivity index (χ3v) is 4.39. The van der Waals surface area contributed by atoms with Crippen molar-refractivity contribution in [1.82, 2.24) is 20.3 Å². The predicted octanol–water partition coefficient (Wildman–Crippen LogP) is 2.99. The van der Waals surface area contributed by atoms with E-state index in [0.29, 0.717) is 12.0 Å². The Morgan fingerprint density at radius 1 is 1.39 bits per heavy atom. The minimum Gasteiger partial charge on any atom is -0.314 e. The summed E-state index contributed by atoms with van der Waals surface area (Å²) in [6.45, 7) is 3.35. The van der Waals surface area contributed by atoms with Crippen molar-refractivity contribution in [3.8, 4) is 0 Å². The van der Waals surface area contributed by atoms with Gasteiger partial charge in [-0.3, -0.25) is 4.68 Å². The molecule has 0 aliphatic heterocycles. The molecule has 1 aliphatic rings. The molecular formula is C13H23BrN4. The summed E-state index contributed by atoms with van der Waals surface area (Å²) in [4.78, 5) is 0. The van der Waals surface area contributed by atoms with Crippen LogP contribution in [0.4, 0.5) is 0 Å². The molecule has 0 amide bonds. The van der Waals surface area contributed by atoms with Gasteiger partial charge in [0.05, 0.1) is 5.69 Å². The number of halogens is 1. The molecule has 0 bridgehead atoms. The molecule has 2 atom stereocenters. The van der Waals surface area contributed by atoms with Crippen molar-refractivity contribution in [1.29, 1.82) is 0 Å². The van der Waals surface area contributed by atoms with Gasteiger partial charge in [-0.2, -0.15) is 0 Å². The zero-order chi connectivity index (χ0) is 13.0. The van der Waals surface area contributed by atoms with Crippen LogP contribution in [0.5, 0.6) is 0 Å². The maximum atomic E-state index is 4.12. The average molecular weight is 315 g/mol. The summed E-state index contributed by atoms with van der Waals surface area (Å²) in [5.41, 5.74) is 1.26. The van der Waals surface area contributed by atoms with E-state index < -0.39 is 0 Å². The average Bonchev–Trinajstić information content (AvgIpc) is 2.57. The van der Waals surface area contributed by atoms with Crippen LogP contribution in [-0.2, 0) is 7.05 Å². The van der Waals surface area contributed by atoms with Crippen LogP contribution >= 0.6 is 15.9 Å². The molecule has 2 rings (SSSR count). The first-order chi connectivity index (χ1) is 8.72. The lowest BCUT2D eigenvalue weighted by atomic mass is 9.95. The lowest BCUT2D eigenvalue weighted by Crippen LogP contribution is -2.30. The standard InChI is InChI=1S/C13H23BrN4/c1-3-8-15-11-7-5-4-6-10(9-11)12-13(14)16-17-18(12)2/h10-11,15H,3-9H2,1-2H3. The van der Waals surface area contributed by atoms with Crippen molar-refractivity contribution in [3.05, 3.63) is 10.3 Å². The summed E-state index contributed by atoms with van der Waals surface area (Å²) < 4.78 is 2.85. The number of hydrogen-bond donors (Lipinski definition) is 1. The molecule has 1 aromatic rings. The zero-order valence-corrected chi connectivity index (χ0v) is 12.9. The van der Waals surface area contributed by atoms with Crippen molar-refractivity contribution in [3.63, 3.8) is 0 Å². The minimum atomic E-state index is 0.580. The Morgan fingerprint density at radius 2 is 2.17 bits per heavy atom. The Labute approximate surface area is 118 Å². The second-order valence-electron chi connectivity index (χ2n) is 5.26. The summed E-state index contributed by atoms with van der Waals surface area (Å²) in [6.07, 6.45) is 7.62. The van der Waals surface area contributed by atoms with Gasteiger partial charge in [0.25, 0.3) is 0 Å². The summed E-state index contributed by atoms with van der Waals surface area (Å²) >= 11 is 3.54. The molecule has 0 aromatic carbocycles. The highest BCUT2D eigenvalue weighted by atomic mass is 79.9. The molecule has 2 unspecified atom stereocenters. The van der Waals surface area contributed by atoms with Crippen LogP contribution in [-0.4, -0.2) is 27.6 Å². The third kappa shape index (κ3) is 3.32. The smallest absolute Gasteiger partial charge is 0.151 e. The molecule has 102 valence electrons. The van der Waals surface area contributed by atoms with Crippen LogP contribution in [0.15, 0.2) is 4.60 Å². The van der Waals surface area contributed by atoms with Crippen LogP contribution in [0.1, 0.15) is 57.1 Å². The Kier molecular flexibility index (Phi) is 5.18. The van der Waals surface area contributed by atoms with Crippen molar-refractivity contribution < 1.29 is 0 Å². The fourth-order valence-electron chi connectivity index (χ4n) is 2.91. The fraction of sp³-hybridized carbons (Fsp3) is 0.846. The molecule has 0 spiro atoms. The third-order valence-electron chi connectivity index (χ3n) is 3.82. The lowest BCUT2D eigenvalue weighted by Gasteiger charge is -2.21.